The lowest BCUT2D eigenvalue weighted by Gasteiger charge is -2.36. The zero-order valence-electron chi connectivity index (χ0n) is 28.1. The van der Waals surface area contributed by atoms with Gasteiger partial charge in [-0.05, 0) is 88.2 Å². The number of hydrogen-bond acceptors (Lipinski definition) is 4. The molecule has 5 heteroatoms. The van der Waals surface area contributed by atoms with Crippen molar-refractivity contribution in [2.75, 3.05) is 4.90 Å². The summed E-state index contributed by atoms with van der Waals surface area (Å²) in [5, 5.41) is 20.5. The number of ether oxygens (including phenoxy) is 1. The van der Waals surface area contributed by atoms with Gasteiger partial charge in [-0.2, -0.15) is 5.26 Å². The first kappa shape index (κ1) is 32.1. The molecule has 1 N–H and O–H groups in total. The van der Waals surface area contributed by atoms with Gasteiger partial charge < -0.3 is 14.7 Å². The Kier molecular flexibility index (Phi) is 8.40. The van der Waals surface area contributed by atoms with Gasteiger partial charge in [0, 0.05) is 33.8 Å². The third-order valence-corrected chi connectivity index (χ3v) is 9.47. The van der Waals surface area contributed by atoms with Crippen molar-refractivity contribution in [2.24, 2.45) is 0 Å². The molecule has 0 aromatic heterocycles. The second-order valence-corrected chi connectivity index (χ2v) is 12.6. The molecule has 1 atom stereocenters. The molecule has 0 fully saturated rings. The molecule has 0 saturated carbocycles. The quantitative estimate of drug-likeness (QED) is 0.128. The fourth-order valence-corrected chi connectivity index (χ4v) is 6.88. The van der Waals surface area contributed by atoms with Crippen molar-refractivity contribution >= 4 is 46.0 Å². The van der Waals surface area contributed by atoms with Crippen molar-refractivity contribution in [1.82, 2.24) is 0 Å². The van der Waals surface area contributed by atoms with Crippen molar-refractivity contribution in [3.63, 3.8) is 0 Å². The van der Waals surface area contributed by atoms with Gasteiger partial charge in [0.2, 0.25) is 0 Å². The van der Waals surface area contributed by atoms with Crippen LogP contribution < -0.4 is 9.64 Å². The summed E-state index contributed by atoms with van der Waals surface area (Å²) in [6, 6.07) is 59.4. The molecule has 0 radical (unpaired) electrons. The highest BCUT2D eigenvalue weighted by molar-refractivity contribution is 5.98. The van der Waals surface area contributed by atoms with E-state index in [4.69, 9.17) is 10.00 Å². The summed E-state index contributed by atoms with van der Waals surface area (Å²) in [5.41, 5.74) is 7.76. The number of hydrogen-bond donors (Lipinski definition) is 1. The molecule has 0 saturated heterocycles. The Bertz CT molecular complexity index is 2460. The van der Waals surface area contributed by atoms with Crippen LogP contribution in [0.2, 0.25) is 0 Å². The maximum Gasteiger partial charge on any atom is 0.346 e. The van der Waals surface area contributed by atoms with Crippen LogP contribution in [0.25, 0.3) is 34.1 Å². The highest BCUT2D eigenvalue weighted by Crippen LogP contribution is 2.45. The molecular weight excluding hydrogens is 641 g/mol. The van der Waals surface area contributed by atoms with E-state index in [1.165, 1.54) is 6.08 Å². The molecule has 1 aliphatic rings. The largest absolute Gasteiger partial charge is 0.477 e. The number of carboxylic acids is 1. The molecule has 0 bridgehead atoms. The average molecular weight is 673 g/mol. The molecule has 1 heterocycles. The highest BCUT2D eigenvalue weighted by atomic mass is 16.5. The minimum Gasteiger partial charge on any atom is -0.477 e. The Morgan fingerprint density at radius 2 is 1.23 bits per heavy atom. The van der Waals surface area contributed by atoms with E-state index in [9.17, 15) is 9.90 Å². The van der Waals surface area contributed by atoms with Crippen molar-refractivity contribution in [3.8, 4) is 22.9 Å². The van der Waals surface area contributed by atoms with Gasteiger partial charge in [0.15, 0.2) is 5.60 Å². The molecule has 1 unspecified atom stereocenters. The van der Waals surface area contributed by atoms with Gasteiger partial charge in [-0.25, -0.2) is 4.79 Å². The van der Waals surface area contributed by atoms with Crippen molar-refractivity contribution in [3.05, 3.63) is 204 Å². The molecule has 7 aromatic rings. The van der Waals surface area contributed by atoms with Gasteiger partial charge in [-0.15, -0.1) is 0 Å². The lowest BCUT2D eigenvalue weighted by Crippen LogP contribution is -2.34. The van der Waals surface area contributed by atoms with Crippen molar-refractivity contribution < 1.29 is 14.6 Å². The van der Waals surface area contributed by atoms with E-state index in [0.717, 1.165) is 61.4 Å². The standard InChI is InChI=1S/C47H32N2O3/c48-32-37(46(50)51)30-33-16-18-34(19-17-33)35-20-23-39(24-21-35)47(38-10-4-1-5-11-38)29-28-44-43-26-25-42(31-36(43)22-27-45(44)52-47)49(40-12-6-2-7-13-40)41-14-8-3-9-15-41/h1-31H,(H,50,51)/b37-30+. The summed E-state index contributed by atoms with van der Waals surface area (Å²) in [4.78, 5) is 13.5. The van der Waals surface area contributed by atoms with Crippen LogP contribution >= 0.6 is 0 Å². The number of carbonyl (C=O) groups is 1. The Hall–Kier alpha value is -7.16. The normalized spacial score (nSPS) is 14.9. The van der Waals surface area contributed by atoms with Crippen LogP contribution in [0.4, 0.5) is 17.1 Å². The summed E-state index contributed by atoms with van der Waals surface area (Å²) in [6.45, 7) is 0. The Balaban J connectivity index is 1.14. The third-order valence-electron chi connectivity index (χ3n) is 9.47. The minimum atomic E-state index is -1.24. The second-order valence-electron chi connectivity index (χ2n) is 12.6. The summed E-state index contributed by atoms with van der Waals surface area (Å²) in [7, 11) is 0. The number of nitrogens with zero attached hydrogens (tertiary/aromatic N) is 2. The van der Waals surface area contributed by atoms with Gasteiger partial charge in [0.1, 0.15) is 17.4 Å². The molecule has 248 valence electrons. The molecule has 7 aromatic carbocycles. The summed E-state index contributed by atoms with van der Waals surface area (Å²) >= 11 is 0. The molecule has 0 aliphatic carbocycles. The fraction of sp³-hybridized carbons (Fsp3) is 0.0213. The SMILES string of the molecule is N#C/C(=C\c1ccc(-c2ccc(C3(c4ccccc4)C=Cc4c(ccc5cc(N(c6ccccc6)c6ccccc6)ccc45)O3)cc2)cc1)C(=O)O. The number of rotatable bonds is 8. The minimum absolute atomic E-state index is 0.305. The highest BCUT2D eigenvalue weighted by Gasteiger charge is 2.37. The fourth-order valence-electron chi connectivity index (χ4n) is 6.88. The predicted octanol–water partition coefficient (Wildman–Crippen LogP) is 11.3. The van der Waals surface area contributed by atoms with Gasteiger partial charge >= 0.3 is 5.97 Å². The summed E-state index contributed by atoms with van der Waals surface area (Å²) in [6.07, 6.45) is 5.71. The number of benzene rings is 7. The van der Waals surface area contributed by atoms with Gasteiger partial charge in [-0.3, -0.25) is 0 Å². The molecular formula is C47H32N2O3. The van der Waals surface area contributed by atoms with Crippen LogP contribution in [0.15, 0.2) is 182 Å². The maximum atomic E-state index is 11.3. The van der Waals surface area contributed by atoms with Crippen LogP contribution in [0, 0.1) is 11.3 Å². The Morgan fingerprint density at radius 1 is 0.654 bits per heavy atom. The molecule has 0 amide bonds. The second kappa shape index (κ2) is 13.6. The van der Waals surface area contributed by atoms with Gasteiger partial charge in [-0.1, -0.05) is 127 Å². The van der Waals surface area contributed by atoms with Crippen LogP contribution in [-0.4, -0.2) is 11.1 Å². The first-order valence-electron chi connectivity index (χ1n) is 17.0. The lowest BCUT2D eigenvalue weighted by molar-refractivity contribution is -0.132. The lowest BCUT2D eigenvalue weighted by atomic mass is 9.82. The molecule has 8 rings (SSSR count). The molecule has 52 heavy (non-hydrogen) atoms. The van der Waals surface area contributed by atoms with E-state index < -0.39 is 11.6 Å². The first-order chi connectivity index (χ1) is 25.5. The van der Waals surface area contributed by atoms with Crippen LogP contribution in [-0.2, 0) is 10.4 Å². The maximum absolute atomic E-state index is 11.3. The number of para-hydroxylation sites is 2. The summed E-state index contributed by atoms with van der Waals surface area (Å²) in [5.74, 6) is -0.437. The monoisotopic (exact) mass is 672 g/mol. The van der Waals surface area contributed by atoms with Crippen molar-refractivity contribution in [1.29, 1.82) is 5.26 Å². The molecule has 0 spiro atoms. The predicted molar refractivity (Wildman–Crippen MR) is 209 cm³/mol. The van der Waals surface area contributed by atoms with E-state index in [0.29, 0.717) is 5.56 Å². The molecule has 5 nitrogen and oxygen atoms in total. The van der Waals surface area contributed by atoms with Crippen LogP contribution in [0.5, 0.6) is 5.75 Å². The number of nitriles is 1. The van der Waals surface area contributed by atoms with E-state index >= 15 is 0 Å². The first-order valence-corrected chi connectivity index (χ1v) is 17.0. The van der Waals surface area contributed by atoms with Gasteiger partial charge in [0.25, 0.3) is 0 Å². The number of fused-ring (bicyclic) bond motifs is 3. The smallest absolute Gasteiger partial charge is 0.346 e. The van der Waals surface area contributed by atoms with Crippen molar-refractivity contribution in [2.45, 2.75) is 5.60 Å². The zero-order valence-corrected chi connectivity index (χ0v) is 28.1. The third kappa shape index (κ3) is 6.00. The Labute approximate surface area is 302 Å². The van der Waals surface area contributed by atoms with E-state index in [1.54, 1.807) is 6.07 Å². The van der Waals surface area contributed by atoms with E-state index in [-0.39, 0.29) is 5.57 Å². The Morgan fingerprint density at radius 3 is 1.83 bits per heavy atom. The van der Waals surface area contributed by atoms with Crippen LogP contribution in [0.3, 0.4) is 0 Å². The van der Waals surface area contributed by atoms with E-state index in [1.807, 2.05) is 54.6 Å². The van der Waals surface area contributed by atoms with Crippen LogP contribution in [0.1, 0.15) is 22.3 Å². The number of carboxylic acid groups (broad SMARTS) is 1. The molecule has 1 aliphatic heterocycles. The van der Waals surface area contributed by atoms with E-state index in [2.05, 4.69) is 132 Å². The number of anilines is 3. The zero-order chi connectivity index (χ0) is 35.5. The summed E-state index contributed by atoms with van der Waals surface area (Å²) < 4.78 is 7.07. The topological polar surface area (TPSA) is 73.6 Å². The average Bonchev–Trinajstić information content (AvgIpc) is 3.21. The van der Waals surface area contributed by atoms with Gasteiger partial charge in [0.05, 0.1) is 0 Å². The number of aliphatic carboxylic acids is 1.